The molecule has 1 atom stereocenters. The van der Waals surface area contributed by atoms with Crippen LogP contribution in [0.25, 0.3) is 0 Å². The number of anilines is 1. The number of rotatable bonds is 3. The fraction of sp³-hybridized carbons (Fsp3) is 0.364. The van der Waals surface area contributed by atoms with Crippen LogP contribution in [0.4, 0.5) is 5.69 Å². The second-order valence-electron chi connectivity index (χ2n) is 3.68. The summed E-state index contributed by atoms with van der Waals surface area (Å²) in [6.45, 7) is 0. The lowest BCUT2D eigenvalue weighted by Gasteiger charge is -2.08. The van der Waals surface area contributed by atoms with Gasteiger partial charge in [-0.1, -0.05) is 0 Å². The lowest BCUT2D eigenvalue weighted by Crippen LogP contribution is -2.27. The van der Waals surface area contributed by atoms with Gasteiger partial charge in [0.05, 0.1) is 0 Å². The monoisotopic (exact) mass is 222 g/mol. The van der Waals surface area contributed by atoms with E-state index in [1.54, 1.807) is 11.8 Å². The molecule has 0 bridgehead atoms. The number of benzene rings is 1. The summed E-state index contributed by atoms with van der Waals surface area (Å²) in [6, 6.07) is 8.15. The first-order chi connectivity index (χ1) is 7.24. The van der Waals surface area contributed by atoms with Crippen LogP contribution in [-0.4, -0.2) is 17.7 Å². The lowest BCUT2D eigenvalue weighted by molar-refractivity contribution is -0.119. The molecule has 1 amide bonds. The molecule has 1 aromatic carbocycles. The minimum absolute atomic E-state index is 0.179. The van der Waals surface area contributed by atoms with Gasteiger partial charge in [-0.05, 0) is 30.7 Å². The highest BCUT2D eigenvalue weighted by atomic mass is 32.2. The average molecular weight is 222 g/mol. The van der Waals surface area contributed by atoms with Crippen molar-refractivity contribution in [3.05, 3.63) is 24.3 Å². The van der Waals surface area contributed by atoms with Gasteiger partial charge in [0.15, 0.2) is 0 Å². The van der Waals surface area contributed by atoms with Gasteiger partial charge in [0.1, 0.15) is 0 Å². The van der Waals surface area contributed by atoms with E-state index in [0.29, 0.717) is 12.5 Å². The van der Waals surface area contributed by atoms with Crippen molar-refractivity contribution in [3.63, 3.8) is 0 Å². The van der Waals surface area contributed by atoms with Crippen molar-refractivity contribution in [2.24, 2.45) is 0 Å². The molecule has 1 aliphatic rings. The van der Waals surface area contributed by atoms with Gasteiger partial charge < -0.3 is 11.1 Å². The zero-order valence-corrected chi connectivity index (χ0v) is 9.22. The summed E-state index contributed by atoms with van der Waals surface area (Å²) >= 11 is 1.76. The van der Waals surface area contributed by atoms with Crippen molar-refractivity contribution in [2.45, 2.75) is 23.8 Å². The standard InChI is InChI=1S/C11H14N2OS/c12-8-1-4-10(5-2-8)15-7-9-3-6-11(14)13-9/h1-2,4-5,9H,3,6-7,12H2,(H,13,14). The molecule has 4 heteroatoms. The molecule has 1 aromatic rings. The summed E-state index contributed by atoms with van der Waals surface area (Å²) in [4.78, 5) is 12.2. The second-order valence-corrected chi connectivity index (χ2v) is 4.78. The molecule has 15 heavy (non-hydrogen) atoms. The van der Waals surface area contributed by atoms with E-state index in [2.05, 4.69) is 5.32 Å². The number of amides is 1. The van der Waals surface area contributed by atoms with Crippen LogP contribution in [0, 0.1) is 0 Å². The first-order valence-electron chi connectivity index (χ1n) is 5.02. The van der Waals surface area contributed by atoms with Gasteiger partial charge in [-0.2, -0.15) is 0 Å². The molecule has 3 nitrogen and oxygen atoms in total. The van der Waals surface area contributed by atoms with E-state index in [-0.39, 0.29) is 5.91 Å². The molecule has 2 rings (SSSR count). The Morgan fingerprint density at radius 1 is 1.40 bits per heavy atom. The largest absolute Gasteiger partial charge is 0.399 e. The van der Waals surface area contributed by atoms with Gasteiger partial charge in [0.25, 0.3) is 0 Å². The van der Waals surface area contributed by atoms with Gasteiger partial charge in [0.2, 0.25) is 5.91 Å². The van der Waals surface area contributed by atoms with Gasteiger partial charge in [0, 0.05) is 28.8 Å². The third-order valence-electron chi connectivity index (χ3n) is 2.42. The molecular weight excluding hydrogens is 208 g/mol. The Morgan fingerprint density at radius 3 is 2.73 bits per heavy atom. The normalized spacial score (nSPS) is 20.3. The zero-order chi connectivity index (χ0) is 10.7. The number of nitrogens with one attached hydrogen (secondary N) is 1. The highest BCUT2D eigenvalue weighted by Crippen LogP contribution is 2.22. The number of nitrogen functional groups attached to an aromatic ring is 1. The van der Waals surface area contributed by atoms with E-state index >= 15 is 0 Å². The Bertz CT molecular complexity index is 350. The number of carbonyl (C=O) groups is 1. The number of carbonyl (C=O) groups excluding carboxylic acids is 1. The molecule has 1 fully saturated rings. The van der Waals surface area contributed by atoms with Gasteiger partial charge in [-0.25, -0.2) is 0 Å². The van der Waals surface area contributed by atoms with E-state index < -0.39 is 0 Å². The van der Waals surface area contributed by atoms with Crippen LogP contribution in [0.1, 0.15) is 12.8 Å². The summed E-state index contributed by atoms with van der Waals surface area (Å²) in [5.41, 5.74) is 6.38. The van der Waals surface area contributed by atoms with Crippen molar-refractivity contribution >= 4 is 23.4 Å². The molecule has 80 valence electrons. The lowest BCUT2D eigenvalue weighted by atomic mass is 10.2. The van der Waals surface area contributed by atoms with Crippen molar-refractivity contribution < 1.29 is 4.79 Å². The summed E-state index contributed by atoms with van der Waals surface area (Å²) < 4.78 is 0. The quantitative estimate of drug-likeness (QED) is 0.604. The number of nitrogens with two attached hydrogens (primary N) is 1. The van der Waals surface area contributed by atoms with Crippen molar-refractivity contribution in [1.29, 1.82) is 0 Å². The maximum atomic E-state index is 11.0. The highest BCUT2D eigenvalue weighted by Gasteiger charge is 2.20. The maximum absolute atomic E-state index is 11.0. The minimum atomic E-state index is 0.179. The second kappa shape index (κ2) is 4.57. The summed E-state index contributed by atoms with van der Waals surface area (Å²) in [7, 11) is 0. The molecule has 3 N–H and O–H groups in total. The maximum Gasteiger partial charge on any atom is 0.220 e. The minimum Gasteiger partial charge on any atom is -0.399 e. The van der Waals surface area contributed by atoms with Crippen LogP contribution in [0.2, 0.25) is 0 Å². The van der Waals surface area contributed by atoms with E-state index in [4.69, 9.17) is 5.73 Å². The Balaban J connectivity index is 1.83. The van der Waals surface area contributed by atoms with Crippen LogP contribution in [0.3, 0.4) is 0 Å². The van der Waals surface area contributed by atoms with Crippen LogP contribution in [0.5, 0.6) is 0 Å². The van der Waals surface area contributed by atoms with Crippen LogP contribution >= 0.6 is 11.8 Å². The summed E-state index contributed by atoms with van der Waals surface area (Å²) in [5, 5.41) is 2.95. The predicted molar refractivity (Wildman–Crippen MR) is 62.7 cm³/mol. The molecule has 0 aliphatic carbocycles. The Morgan fingerprint density at radius 2 is 2.13 bits per heavy atom. The molecule has 1 unspecified atom stereocenters. The fourth-order valence-corrected chi connectivity index (χ4v) is 2.54. The number of hydrogen-bond donors (Lipinski definition) is 2. The Kier molecular flexibility index (Phi) is 3.16. The van der Waals surface area contributed by atoms with Crippen LogP contribution < -0.4 is 11.1 Å². The molecule has 1 heterocycles. The van der Waals surface area contributed by atoms with Gasteiger partial charge in [-0.3, -0.25) is 4.79 Å². The van der Waals surface area contributed by atoms with E-state index in [1.165, 1.54) is 4.90 Å². The average Bonchev–Trinajstić information content (AvgIpc) is 2.64. The first-order valence-corrected chi connectivity index (χ1v) is 6.00. The smallest absolute Gasteiger partial charge is 0.220 e. The molecule has 0 spiro atoms. The van der Waals surface area contributed by atoms with Crippen molar-refractivity contribution in [1.82, 2.24) is 5.32 Å². The fourth-order valence-electron chi connectivity index (χ4n) is 1.56. The Labute approximate surface area is 93.4 Å². The number of hydrogen-bond acceptors (Lipinski definition) is 3. The topological polar surface area (TPSA) is 55.1 Å². The number of thioether (sulfide) groups is 1. The van der Waals surface area contributed by atoms with E-state index in [9.17, 15) is 4.79 Å². The van der Waals surface area contributed by atoms with Crippen molar-refractivity contribution in [2.75, 3.05) is 11.5 Å². The SMILES string of the molecule is Nc1ccc(SCC2CCC(=O)N2)cc1. The van der Waals surface area contributed by atoms with E-state index in [1.807, 2.05) is 24.3 Å². The zero-order valence-electron chi connectivity index (χ0n) is 8.40. The predicted octanol–water partition coefficient (Wildman–Crippen LogP) is 1.64. The van der Waals surface area contributed by atoms with Crippen molar-refractivity contribution in [3.8, 4) is 0 Å². The molecule has 1 aliphatic heterocycles. The third kappa shape index (κ3) is 2.89. The summed E-state index contributed by atoms with van der Waals surface area (Å²) in [6.07, 6.45) is 1.63. The van der Waals surface area contributed by atoms with Gasteiger partial charge >= 0.3 is 0 Å². The molecule has 0 radical (unpaired) electrons. The molecule has 0 aromatic heterocycles. The summed E-state index contributed by atoms with van der Waals surface area (Å²) in [5.74, 6) is 1.12. The molecule has 0 saturated carbocycles. The van der Waals surface area contributed by atoms with Gasteiger partial charge in [-0.15, -0.1) is 11.8 Å². The van der Waals surface area contributed by atoms with Crippen LogP contribution in [-0.2, 0) is 4.79 Å². The molecular formula is C11H14N2OS. The highest BCUT2D eigenvalue weighted by molar-refractivity contribution is 7.99. The van der Waals surface area contributed by atoms with Crippen LogP contribution in [0.15, 0.2) is 29.2 Å². The van der Waals surface area contributed by atoms with E-state index in [0.717, 1.165) is 17.9 Å². The molecule has 1 saturated heterocycles. The third-order valence-corrected chi connectivity index (χ3v) is 3.59. The Hall–Kier alpha value is -1.16. The first kappa shape index (κ1) is 10.4.